The second-order valence-corrected chi connectivity index (χ2v) is 5.09. The summed E-state index contributed by atoms with van der Waals surface area (Å²) in [6.45, 7) is 3.49. The first-order valence-corrected chi connectivity index (χ1v) is 5.99. The molecule has 0 saturated heterocycles. The maximum absolute atomic E-state index is 11.9. The Morgan fingerprint density at radius 3 is 2.27 bits per heavy atom. The summed E-state index contributed by atoms with van der Waals surface area (Å²) in [5, 5.41) is 0. The van der Waals surface area contributed by atoms with Gasteiger partial charge in [0.2, 0.25) is 9.84 Å². The van der Waals surface area contributed by atoms with Crippen LogP contribution in [0.15, 0.2) is 60.0 Å². The van der Waals surface area contributed by atoms with Crippen molar-refractivity contribution >= 4 is 14.7 Å². The minimum absolute atomic E-state index is 0.265. The lowest BCUT2D eigenvalue weighted by Gasteiger charge is -2.03. The smallest absolute Gasteiger partial charge is 0.207 e. The lowest BCUT2D eigenvalue weighted by atomic mass is 10.2. The Morgan fingerprint density at radius 2 is 1.73 bits per heavy atom. The molecule has 0 spiro atoms. The highest BCUT2D eigenvalue weighted by Crippen LogP contribution is 2.32. The van der Waals surface area contributed by atoms with Crippen LogP contribution < -0.4 is 0 Å². The van der Waals surface area contributed by atoms with E-state index in [1.165, 1.54) is 6.08 Å². The summed E-state index contributed by atoms with van der Waals surface area (Å²) in [4.78, 5) is 0.611. The Labute approximate surface area is 89.2 Å². The summed E-state index contributed by atoms with van der Waals surface area (Å²) in [5.74, 6) is 0. The third kappa shape index (κ3) is 1.55. The van der Waals surface area contributed by atoms with E-state index in [1.54, 1.807) is 24.3 Å². The van der Waals surface area contributed by atoms with Gasteiger partial charge < -0.3 is 0 Å². The molecule has 1 aliphatic rings. The Kier molecular flexibility index (Phi) is 2.32. The third-order valence-electron chi connectivity index (χ3n) is 2.26. The summed E-state index contributed by atoms with van der Waals surface area (Å²) in [7, 11) is -3.33. The lowest BCUT2D eigenvalue weighted by Crippen LogP contribution is -2.00. The van der Waals surface area contributed by atoms with Crippen LogP contribution in [0.1, 0.15) is 5.56 Å². The van der Waals surface area contributed by atoms with Crippen molar-refractivity contribution in [1.29, 1.82) is 0 Å². The fraction of sp³-hybridized carbons (Fsp3) is 0. The molecule has 2 nitrogen and oxygen atoms in total. The maximum Gasteiger partial charge on any atom is 0.207 e. The molecule has 0 amide bonds. The van der Waals surface area contributed by atoms with Gasteiger partial charge in [-0.15, -0.1) is 0 Å². The zero-order valence-electron chi connectivity index (χ0n) is 8.05. The van der Waals surface area contributed by atoms with E-state index in [0.717, 1.165) is 0 Å². The van der Waals surface area contributed by atoms with Crippen LogP contribution in [0.2, 0.25) is 0 Å². The summed E-state index contributed by atoms with van der Waals surface area (Å²) in [5.41, 5.74) is 0.714. The largest absolute Gasteiger partial charge is 0.218 e. The van der Waals surface area contributed by atoms with E-state index in [9.17, 15) is 8.42 Å². The van der Waals surface area contributed by atoms with Gasteiger partial charge in [-0.3, -0.25) is 0 Å². The van der Waals surface area contributed by atoms with Gasteiger partial charge in [0.05, 0.1) is 9.81 Å². The average Bonchev–Trinajstić information content (AvgIpc) is 2.54. The molecule has 1 aromatic rings. The molecule has 1 aliphatic heterocycles. The molecule has 0 fully saturated rings. The number of sulfone groups is 1. The van der Waals surface area contributed by atoms with E-state index in [0.29, 0.717) is 10.5 Å². The predicted octanol–water partition coefficient (Wildman–Crippen LogP) is 2.53. The van der Waals surface area contributed by atoms with E-state index < -0.39 is 9.84 Å². The van der Waals surface area contributed by atoms with Gasteiger partial charge in [-0.1, -0.05) is 43.0 Å². The van der Waals surface area contributed by atoms with Gasteiger partial charge in [0.1, 0.15) is 0 Å². The first-order chi connectivity index (χ1) is 7.16. The van der Waals surface area contributed by atoms with E-state index in [-0.39, 0.29) is 4.91 Å². The highest BCUT2D eigenvalue weighted by molar-refractivity contribution is 8.04. The molecule has 1 heterocycles. The molecule has 15 heavy (non-hydrogen) atoms. The van der Waals surface area contributed by atoms with E-state index in [1.807, 2.05) is 18.2 Å². The third-order valence-corrected chi connectivity index (χ3v) is 4.13. The molecule has 0 N–H and O–H groups in total. The van der Waals surface area contributed by atoms with Crippen LogP contribution in [0.25, 0.3) is 4.91 Å². The first-order valence-electron chi connectivity index (χ1n) is 4.51. The van der Waals surface area contributed by atoms with Crippen LogP contribution >= 0.6 is 0 Å². The van der Waals surface area contributed by atoms with Crippen molar-refractivity contribution in [2.24, 2.45) is 0 Å². The van der Waals surface area contributed by atoms with Gasteiger partial charge in [0.15, 0.2) is 0 Å². The normalized spacial score (nSPS) is 18.1. The molecule has 76 valence electrons. The minimum atomic E-state index is -3.33. The Morgan fingerprint density at radius 1 is 1.07 bits per heavy atom. The highest BCUT2D eigenvalue weighted by atomic mass is 32.2. The van der Waals surface area contributed by atoms with Crippen LogP contribution in [-0.4, -0.2) is 8.42 Å². The van der Waals surface area contributed by atoms with E-state index in [2.05, 4.69) is 6.58 Å². The molecule has 0 atom stereocenters. The van der Waals surface area contributed by atoms with Crippen molar-refractivity contribution in [2.75, 3.05) is 0 Å². The Bertz CT molecular complexity index is 549. The molecule has 3 heteroatoms. The second-order valence-electron chi connectivity index (χ2n) is 3.17. The summed E-state index contributed by atoms with van der Waals surface area (Å²) >= 11 is 0. The molecule has 0 aromatic heterocycles. The van der Waals surface area contributed by atoms with Crippen LogP contribution in [0.3, 0.4) is 0 Å². The Hall–Kier alpha value is -1.61. The van der Waals surface area contributed by atoms with Gasteiger partial charge in [0, 0.05) is 0 Å². The SMILES string of the molecule is C=CC1=CC=C(c2ccccc2)S1(=O)=O. The molecule has 0 aliphatic carbocycles. The number of hydrogen-bond acceptors (Lipinski definition) is 2. The molecular formula is C12H10O2S. The van der Waals surface area contributed by atoms with Crippen molar-refractivity contribution in [1.82, 2.24) is 0 Å². The highest BCUT2D eigenvalue weighted by Gasteiger charge is 2.26. The molecule has 0 bridgehead atoms. The van der Waals surface area contributed by atoms with Gasteiger partial charge in [-0.05, 0) is 17.7 Å². The number of hydrogen-bond donors (Lipinski definition) is 0. The van der Waals surface area contributed by atoms with Crippen molar-refractivity contribution in [3.05, 3.63) is 65.6 Å². The van der Waals surface area contributed by atoms with Gasteiger partial charge >= 0.3 is 0 Å². The van der Waals surface area contributed by atoms with Crippen molar-refractivity contribution in [2.45, 2.75) is 0 Å². The summed E-state index contributed by atoms with van der Waals surface area (Å²) < 4.78 is 23.8. The van der Waals surface area contributed by atoms with Crippen LogP contribution in [0, 0.1) is 0 Å². The summed E-state index contributed by atoms with van der Waals surface area (Å²) in [6, 6.07) is 9.05. The predicted molar refractivity (Wildman–Crippen MR) is 61.6 cm³/mol. The van der Waals surface area contributed by atoms with Crippen molar-refractivity contribution < 1.29 is 8.42 Å². The fourth-order valence-corrected chi connectivity index (χ4v) is 2.91. The van der Waals surface area contributed by atoms with Gasteiger partial charge in [0.25, 0.3) is 0 Å². The Balaban J connectivity index is 2.51. The van der Waals surface area contributed by atoms with Crippen LogP contribution in [0.4, 0.5) is 0 Å². The lowest BCUT2D eigenvalue weighted by molar-refractivity contribution is 0.612. The topological polar surface area (TPSA) is 34.1 Å². The zero-order chi connectivity index (χ0) is 10.9. The summed E-state index contributed by atoms with van der Waals surface area (Å²) in [6.07, 6.45) is 4.55. The fourth-order valence-electron chi connectivity index (χ4n) is 1.50. The average molecular weight is 218 g/mol. The number of allylic oxidation sites excluding steroid dienone is 3. The van der Waals surface area contributed by atoms with E-state index in [4.69, 9.17) is 0 Å². The van der Waals surface area contributed by atoms with E-state index >= 15 is 0 Å². The number of rotatable bonds is 2. The quantitative estimate of drug-likeness (QED) is 0.764. The van der Waals surface area contributed by atoms with Crippen molar-refractivity contribution in [3.8, 4) is 0 Å². The molecule has 0 saturated carbocycles. The molecule has 0 unspecified atom stereocenters. The molecule has 1 aromatic carbocycles. The van der Waals surface area contributed by atoms with Crippen molar-refractivity contribution in [3.63, 3.8) is 0 Å². The number of benzene rings is 1. The van der Waals surface area contributed by atoms with Gasteiger partial charge in [-0.25, -0.2) is 8.42 Å². The maximum atomic E-state index is 11.9. The van der Waals surface area contributed by atoms with Crippen LogP contribution in [-0.2, 0) is 9.84 Å². The molecule has 0 radical (unpaired) electrons. The zero-order valence-corrected chi connectivity index (χ0v) is 8.87. The van der Waals surface area contributed by atoms with Crippen LogP contribution in [0.5, 0.6) is 0 Å². The molecular weight excluding hydrogens is 208 g/mol. The standard InChI is InChI=1S/C12H10O2S/c1-2-11-8-9-12(15(11,13)14)10-6-4-3-5-7-10/h2-9H,1H2. The second kappa shape index (κ2) is 3.51. The van der Waals surface area contributed by atoms with Gasteiger partial charge in [-0.2, -0.15) is 0 Å². The monoisotopic (exact) mass is 218 g/mol. The minimum Gasteiger partial charge on any atom is -0.218 e. The molecule has 2 rings (SSSR count). The first kappa shape index (κ1) is 9.93.